The van der Waals surface area contributed by atoms with Gasteiger partial charge in [-0.2, -0.15) is 0 Å². The summed E-state index contributed by atoms with van der Waals surface area (Å²) in [5.41, 5.74) is 4.79. The average Bonchev–Trinajstić information content (AvgIpc) is 3.40. The van der Waals surface area contributed by atoms with Crippen molar-refractivity contribution in [3.05, 3.63) is 75.7 Å². The van der Waals surface area contributed by atoms with Gasteiger partial charge < -0.3 is 20.3 Å². The summed E-state index contributed by atoms with van der Waals surface area (Å²) < 4.78 is 5.44. The Morgan fingerprint density at radius 3 is 2.39 bits per heavy atom. The fraction of sp³-hybridized carbons (Fsp3) is 0.261. The molecule has 0 bridgehead atoms. The van der Waals surface area contributed by atoms with Crippen molar-refractivity contribution in [3.8, 4) is 11.1 Å². The van der Waals surface area contributed by atoms with Crippen LogP contribution in [-0.4, -0.2) is 46.8 Å². The zero-order chi connectivity index (χ0) is 21.8. The quantitative estimate of drug-likeness (QED) is 0.466. The van der Waals surface area contributed by atoms with Crippen molar-refractivity contribution in [1.29, 1.82) is 0 Å². The number of aliphatic hydroxyl groups excluding tert-OH is 2. The molecule has 31 heavy (non-hydrogen) atoms. The zero-order valence-corrected chi connectivity index (χ0v) is 17.4. The van der Waals surface area contributed by atoms with Crippen molar-refractivity contribution < 1.29 is 24.5 Å². The number of ether oxygens (including phenoxy) is 1. The van der Waals surface area contributed by atoms with Gasteiger partial charge >= 0.3 is 6.09 Å². The van der Waals surface area contributed by atoms with Crippen LogP contribution in [0.15, 0.2) is 53.9 Å². The number of benzene rings is 2. The maximum Gasteiger partial charge on any atom is 0.407 e. The maximum atomic E-state index is 12.2. The van der Waals surface area contributed by atoms with Crippen LogP contribution in [0.4, 0.5) is 4.79 Å². The first-order valence-electron chi connectivity index (χ1n) is 9.94. The third kappa shape index (κ3) is 4.51. The number of carbonyl (C=O) groups is 2. The number of rotatable bonds is 8. The van der Waals surface area contributed by atoms with E-state index >= 15 is 0 Å². The van der Waals surface area contributed by atoms with E-state index in [-0.39, 0.29) is 36.2 Å². The van der Waals surface area contributed by atoms with Gasteiger partial charge in [-0.3, -0.25) is 4.79 Å². The van der Waals surface area contributed by atoms with Crippen LogP contribution < -0.4 is 5.32 Å². The zero-order valence-electron chi connectivity index (χ0n) is 16.6. The number of nitrogens with zero attached hydrogens (tertiary/aromatic N) is 1. The lowest BCUT2D eigenvalue weighted by Gasteiger charge is -2.17. The molecule has 0 fully saturated rings. The number of carbonyl (C=O) groups excluding carboxylic acids is 2. The van der Waals surface area contributed by atoms with Gasteiger partial charge in [-0.15, -0.1) is 11.3 Å². The molecule has 3 N–H and O–H groups in total. The molecule has 2 unspecified atom stereocenters. The predicted molar refractivity (Wildman–Crippen MR) is 116 cm³/mol. The summed E-state index contributed by atoms with van der Waals surface area (Å²) in [5.74, 6) is -0.0255. The summed E-state index contributed by atoms with van der Waals surface area (Å²) in [6, 6.07) is 16.2. The van der Waals surface area contributed by atoms with E-state index in [0.717, 1.165) is 33.6 Å². The highest BCUT2D eigenvalue weighted by molar-refractivity contribution is 7.09. The highest BCUT2D eigenvalue weighted by Gasteiger charge is 2.29. The standard InChI is InChI=1S/C23H22N2O5S/c26-11-14-13-31-22(25-14)21(28)20(27)9-10-24-23(29)30-12-19-17-7-3-1-5-15(17)16-6-2-4-8-18(16)19/h1-8,11,13,19-21,27-28H,9-10,12H2,(H,24,29). The summed E-state index contributed by atoms with van der Waals surface area (Å²) in [6.45, 7) is 0.333. The number of hydrogen-bond donors (Lipinski definition) is 3. The Labute approximate surface area is 183 Å². The third-order valence-electron chi connectivity index (χ3n) is 5.33. The Morgan fingerprint density at radius 2 is 1.77 bits per heavy atom. The third-order valence-corrected chi connectivity index (χ3v) is 6.26. The largest absolute Gasteiger partial charge is 0.449 e. The summed E-state index contributed by atoms with van der Waals surface area (Å²) in [6.07, 6.45) is -2.23. The van der Waals surface area contributed by atoms with E-state index in [4.69, 9.17) is 4.74 Å². The molecular weight excluding hydrogens is 416 g/mol. The Morgan fingerprint density at radius 1 is 1.13 bits per heavy atom. The normalized spacial score (nSPS) is 14.4. The Balaban J connectivity index is 1.28. The number of fused-ring (bicyclic) bond motifs is 3. The smallest absolute Gasteiger partial charge is 0.407 e. The van der Waals surface area contributed by atoms with Crippen LogP contribution in [0, 0.1) is 0 Å². The maximum absolute atomic E-state index is 12.2. The molecule has 2 aromatic carbocycles. The molecule has 2 atom stereocenters. The Hall–Kier alpha value is -3.07. The minimum Gasteiger partial charge on any atom is -0.449 e. The van der Waals surface area contributed by atoms with E-state index < -0.39 is 18.3 Å². The number of nitrogens with one attached hydrogen (secondary N) is 1. The molecule has 0 aliphatic heterocycles. The fourth-order valence-electron chi connectivity index (χ4n) is 3.78. The van der Waals surface area contributed by atoms with Crippen molar-refractivity contribution in [2.24, 2.45) is 0 Å². The van der Waals surface area contributed by atoms with Gasteiger partial charge in [0.05, 0.1) is 6.10 Å². The second kappa shape index (κ2) is 9.38. The SMILES string of the molecule is O=Cc1csc(C(O)C(O)CCNC(=O)OCC2c3ccccc3-c3ccccc32)n1. The first-order chi connectivity index (χ1) is 15.1. The molecule has 8 heteroatoms. The van der Waals surface area contributed by atoms with Crippen molar-refractivity contribution >= 4 is 23.7 Å². The number of aromatic nitrogens is 1. The minimum atomic E-state index is -1.22. The topological polar surface area (TPSA) is 109 Å². The Kier molecular flexibility index (Phi) is 6.41. The monoisotopic (exact) mass is 438 g/mol. The average molecular weight is 439 g/mol. The van der Waals surface area contributed by atoms with E-state index in [1.54, 1.807) is 0 Å². The molecule has 4 rings (SSSR count). The van der Waals surface area contributed by atoms with Gasteiger partial charge in [-0.1, -0.05) is 48.5 Å². The number of alkyl carbamates (subject to hydrolysis) is 1. The molecule has 160 valence electrons. The molecule has 3 aromatic rings. The van der Waals surface area contributed by atoms with E-state index in [0.29, 0.717) is 6.29 Å². The van der Waals surface area contributed by atoms with Crippen molar-refractivity contribution in [3.63, 3.8) is 0 Å². The van der Waals surface area contributed by atoms with Gasteiger partial charge in [0.2, 0.25) is 0 Å². The molecule has 7 nitrogen and oxygen atoms in total. The molecule has 0 spiro atoms. The molecule has 0 saturated heterocycles. The number of aliphatic hydroxyl groups is 2. The van der Waals surface area contributed by atoms with Crippen LogP contribution in [0.25, 0.3) is 11.1 Å². The molecule has 1 amide bonds. The van der Waals surface area contributed by atoms with Crippen LogP contribution in [0.2, 0.25) is 0 Å². The number of aldehydes is 1. The summed E-state index contributed by atoms with van der Waals surface area (Å²) in [7, 11) is 0. The van der Waals surface area contributed by atoms with Gasteiger partial charge in [0.25, 0.3) is 0 Å². The van der Waals surface area contributed by atoms with E-state index in [2.05, 4.69) is 22.4 Å². The molecule has 0 saturated carbocycles. The van der Waals surface area contributed by atoms with E-state index in [9.17, 15) is 19.8 Å². The molecule has 1 heterocycles. The highest BCUT2D eigenvalue weighted by Crippen LogP contribution is 2.44. The lowest BCUT2D eigenvalue weighted by atomic mass is 9.98. The highest BCUT2D eigenvalue weighted by atomic mass is 32.1. The van der Waals surface area contributed by atoms with Crippen molar-refractivity contribution in [2.75, 3.05) is 13.2 Å². The van der Waals surface area contributed by atoms with Crippen LogP contribution in [0.5, 0.6) is 0 Å². The Bertz CT molecular complexity index is 1040. The number of amides is 1. The van der Waals surface area contributed by atoms with E-state index in [1.807, 2.05) is 36.4 Å². The fourth-order valence-corrected chi connectivity index (χ4v) is 4.59. The van der Waals surface area contributed by atoms with Gasteiger partial charge in [0.15, 0.2) is 6.29 Å². The summed E-state index contributed by atoms with van der Waals surface area (Å²) in [5, 5.41) is 24.6. The molecule has 1 aliphatic carbocycles. The van der Waals surface area contributed by atoms with Gasteiger partial charge in [0.1, 0.15) is 23.4 Å². The summed E-state index contributed by atoms with van der Waals surface area (Å²) >= 11 is 1.10. The first kappa shape index (κ1) is 21.2. The van der Waals surface area contributed by atoms with Crippen LogP contribution in [-0.2, 0) is 4.74 Å². The van der Waals surface area contributed by atoms with Crippen LogP contribution >= 0.6 is 11.3 Å². The molecule has 1 aromatic heterocycles. The lowest BCUT2D eigenvalue weighted by Crippen LogP contribution is -2.30. The van der Waals surface area contributed by atoms with Gasteiger partial charge in [0, 0.05) is 17.8 Å². The van der Waals surface area contributed by atoms with Crippen molar-refractivity contribution in [2.45, 2.75) is 24.5 Å². The van der Waals surface area contributed by atoms with Crippen molar-refractivity contribution in [1.82, 2.24) is 10.3 Å². The van der Waals surface area contributed by atoms with Gasteiger partial charge in [-0.05, 0) is 28.7 Å². The molecule has 1 aliphatic rings. The van der Waals surface area contributed by atoms with E-state index in [1.165, 1.54) is 5.38 Å². The second-order valence-electron chi connectivity index (χ2n) is 7.28. The van der Waals surface area contributed by atoms with Gasteiger partial charge in [-0.25, -0.2) is 9.78 Å². The lowest BCUT2D eigenvalue weighted by molar-refractivity contribution is 0.0135. The predicted octanol–water partition coefficient (Wildman–Crippen LogP) is 3.28. The molecule has 0 radical (unpaired) electrons. The minimum absolute atomic E-state index is 0.0255. The molecular formula is C23H22N2O5S. The van der Waals surface area contributed by atoms with Crippen LogP contribution in [0.3, 0.4) is 0 Å². The second-order valence-corrected chi connectivity index (χ2v) is 8.17. The van der Waals surface area contributed by atoms with Crippen LogP contribution in [0.1, 0.15) is 45.1 Å². The first-order valence-corrected chi connectivity index (χ1v) is 10.8. The summed E-state index contributed by atoms with van der Waals surface area (Å²) in [4.78, 5) is 26.8. The number of thiazole rings is 1. The number of hydrogen-bond acceptors (Lipinski definition) is 7.